The summed E-state index contributed by atoms with van der Waals surface area (Å²) in [6.45, 7) is 0.603. The quantitative estimate of drug-likeness (QED) is 0.373. The Kier molecular flexibility index (Phi) is 6.38. The number of carbonyl (C=O) groups excluding carboxylic acids is 2. The molecule has 1 aliphatic heterocycles. The standard InChI is InChI=1S/C29H30N2O3S2/c32-26-25(15-20-6-8-24(9-7-20)34-11-10-19-4-2-1-3-5-19)36-28(35)31(26)30-27(33)29-16-21-12-22(17-29)14-23(13-21)18-29/h1-9,15,21-23H,10-14,16-18H2,(H,30,33)/b25-15+. The van der Waals surface area contributed by atoms with E-state index < -0.39 is 0 Å². The largest absolute Gasteiger partial charge is 0.493 e. The van der Waals surface area contributed by atoms with Gasteiger partial charge in [0.2, 0.25) is 5.91 Å². The summed E-state index contributed by atoms with van der Waals surface area (Å²) < 4.78 is 6.24. The maximum Gasteiger partial charge on any atom is 0.285 e. The minimum atomic E-state index is -0.321. The highest BCUT2D eigenvalue weighted by molar-refractivity contribution is 8.26. The number of carbonyl (C=O) groups is 2. The molecule has 2 aromatic carbocycles. The molecule has 36 heavy (non-hydrogen) atoms. The first kappa shape index (κ1) is 23.7. The maximum atomic E-state index is 13.4. The maximum absolute atomic E-state index is 13.4. The minimum absolute atomic E-state index is 0.0174. The molecular formula is C29H30N2O3S2. The summed E-state index contributed by atoms with van der Waals surface area (Å²) in [4.78, 5) is 27.1. The summed E-state index contributed by atoms with van der Waals surface area (Å²) >= 11 is 6.71. The fourth-order valence-corrected chi connectivity index (χ4v) is 8.10. The van der Waals surface area contributed by atoms with Crippen LogP contribution in [-0.4, -0.2) is 27.8 Å². The Morgan fingerprint density at radius 3 is 2.31 bits per heavy atom. The highest BCUT2D eigenvalue weighted by Crippen LogP contribution is 2.60. The predicted octanol–water partition coefficient (Wildman–Crippen LogP) is 5.76. The number of benzene rings is 2. The highest BCUT2D eigenvalue weighted by Gasteiger charge is 2.55. The van der Waals surface area contributed by atoms with Crippen molar-refractivity contribution in [2.75, 3.05) is 6.61 Å². The van der Waals surface area contributed by atoms with E-state index in [1.54, 1.807) is 0 Å². The topological polar surface area (TPSA) is 58.6 Å². The summed E-state index contributed by atoms with van der Waals surface area (Å²) in [7, 11) is 0. The molecule has 2 aromatic rings. The van der Waals surface area contributed by atoms with Crippen LogP contribution in [0.4, 0.5) is 0 Å². The van der Waals surface area contributed by atoms with Crippen molar-refractivity contribution < 1.29 is 14.3 Å². The number of thiocarbonyl (C=S) groups is 1. The molecule has 0 aromatic heterocycles. The van der Waals surface area contributed by atoms with Gasteiger partial charge in [-0.3, -0.25) is 15.0 Å². The molecule has 4 bridgehead atoms. The van der Waals surface area contributed by atoms with E-state index in [1.165, 1.54) is 41.6 Å². The third kappa shape index (κ3) is 4.71. The van der Waals surface area contributed by atoms with Crippen molar-refractivity contribution in [3.8, 4) is 5.75 Å². The SMILES string of the molecule is O=C1/C(=C\c2ccc(OCCc3ccccc3)cc2)SC(=S)N1NC(=O)C12CC3CC(CC(C3)C1)C2. The third-order valence-corrected chi connectivity index (χ3v) is 9.51. The first-order valence-electron chi connectivity index (χ1n) is 12.8. The lowest BCUT2D eigenvalue weighted by molar-refractivity contribution is -0.152. The first-order valence-corrected chi connectivity index (χ1v) is 14.1. The Morgan fingerprint density at radius 2 is 1.67 bits per heavy atom. The number of hydrogen-bond donors (Lipinski definition) is 1. The monoisotopic (exact) mass is 518 g/mol. The van der Waals surface area contributed by atoms with Crippen molar-refractivity contribution in [3.63, 3.8) is 0 Å². The summed E-state index contributed by atoms with van der Waals surface area (Å²) in [5, 5.41) is 1.29. The molecule has 1 heterocycles. The van der Waals surface area contributed by atoms with Crippen molar-refractivity contribution in [1.29, 1.82) is 0 Å². The molecule has 1 N–H and O–H groups in total. The van der Waals surface area contributed by atoms with Gasteiger partial charge in [-0.25, -0.2) is 0 Å². The second-order valence-corrected chi connectivity index (χ2v) is 12.5. The van der Waals surface area contributed by atoms with Gasteiger partial charge in [0.1, 0.15) is 5.75 Å². The van der Waals surface area contributed by atoms with Gasteiger partial charge >= 0.3 is 0 Å². The lowest BCUT2D eigenvalue weighted by atomic mass is 9.49. The molecule has 0 unspecified atom stereocenters. The van der Waals surface area contributed by atoms with E-state index in [9.17, 15) is 9.59 Å². The van der Waals surface area contributed by atoms with E-state index in [-0.39, 0.29) is 17.2 Å². The zero-order chi connectivity index (χ0) is 24.7. The van der Waals surface area contributed by atoms with Crippen LogP contribution in [0.5, 0.6) is 5.75 Å². The van der Waals surface area contributed by atoms with Crippen molar-refractivity contribution >= 4 is 46.2 Å². The molecule has 0 radical (unpaired) electrons. The van der Waals surface area contributed by atoms with E-state index in [0.29, 0.717) is 33.6 Å². The Labute approximate surface area is 221 Å². The molecule has 5 fully saturated rings. The number of thioether (sulfide) groups is 1. The van der Waals surface area contributed by atoms with E-state index in [2.05, 4.69) is 17.6 Å². The van der Waals surface area contributed by atoms with Crippen molar-refractivity contribution in [3.05, 3.63) is 70.6 Å². The summed E-state index contributed by atoms with van der Waals surface area (Å²) in [5.41, 5.74) is 4.73. The molecule has 7 rings (SSSR count). The number of amides is 2. The molecule has 4 saturated carbocycles. The van der Waals surface area contributed by atoms with Gasteiger partial charge in [0.25, 0.3) is 5.91 Å². The molecule has 0 atom stereocenters. The Morgan fingerprint density at radius 1 is 1.03 bits per heavy atom. The van der Waals surface area contributed by atoms with Gasteiger partial charge in [-0.05, 0) is 97.8 Å². The van der Waals surface area contributed by atoms with E-state index in [0.717, 1.165) is 37.0 Å². The molecule has 5 nitrogen and oxygen atoms in total. The highest BCUT2D eigenvalue weighted by atomic mass is 32.2. The summed E-state index contributed by atoms with van der Waals surface area (Å²) in [6, 6.07) is 17.9. The first-order chi connectivity index (χ1) is 17.5. The van der Waals surface area contributed by atoms with Crippen molar-refractivity contribution in [1.82, 2.24) is 10.4 Å². The fraction of sp³-hybridized carbons (Fsp3) is 0.414. The lowest BCUT2D eigenvalue weighted by Crippen LogP contribution is -2.57. The molecule has 4 aliphatic carbocycles. The summed E-state index contributed by atoms with van der Waals surface area (Å²) in [6.07, 6.45) is 9.34. The second-order valence-electron chi connectivity index (χ2n) is 10.8. The van der Waals surface area contributed by atoms with Gasteiger partial charge in [0.15, 0.2) is 4.32 Å². The van der Waals surface area contributed by atoms with Gasteiger partial charge in [-0.2, -0.15) is 5.01 Å². The van der Waals surface area contributed by atoms with Crippen molar-refractivity contribution in [2.24, 2.45) is 23.2 Å². The van der Waals surface area contributed by atoms with Gasteiger partial charge in [-0.1, -0.05) is 54.2 Å². The number of nitrogens with zero attached hydrogens (tertiary/aromatic N) is 1. The van der Waals surface area contributed by atoms with Gasteiger partial charge in [-0.15, -0.1) is 0 Å². The van der Waals surface area contributed by atoms with E-state index in [4.69, 9.17) is 17.0 Å². The lowest BCUT2D eigenvalue weighted by Gasteiger charge is -2.55. The predicted molar refractivity (Wildman–Crippen MR) is 146 cm³/mol. The average molecular weight is 519 g/mol. The van der Waals surface area contributed by atoms with Crippen LogP contribution in [0.1, 0.15) is 49.7 Å². The molecule has 2 amide bonds. The normalized spacial score (nSPS) is 29.7. The van der Waals surface area contributed by atoms with Crippen LogP contribution in [-0.2, 0) is 16.0 Å². The van der Waals surface area contributed by atoms with Crippen LogP contribution in [0.2, 0.25) is 0 Å². The molecule has 1 saturated heterocycles. The van der Waals surface area contributed by atoms with Gasteiger partial charge in [0, 0.05) is 6.42 Å². The van der Waals surface area contributed by atoms with E-state index in [1.807, 2.05) is 48.5 Å². The van der Waals surface area contributed by atoms with Crippen LogP contribution in [0.25, 0.3) is 6.08 Å². The molecule has 5 aliphatic rings. The second kappa shape index (κ2) is 9.67. The molecule has 186 valence electrons. The van der Waals surface area contributed by atoms with Gasteiger partial charge in [0.05, 0.1) is 16.9 Å². The van der Waals surface area contributed by atoms with Crippen LogP contribution >= 0.6 is 24.0 Å². The van der Waals surface area contributed by atoms with Crippen molar-refractivity contribution in [2.45, 2.75) is 44.9 Å². The number of hydrazine groups is 1. The van der Waals surface area contributed by atoms with Crippen LogP contribution in [0.3, 0.4) is 0 Å². The number of rotatable bonds is 7. The molecule has 0 spiro atoms. The zero-order valence-electron chi connectivity index (χ0n) is 20.2. The van der Waals surface area contributed by atoms with Crippen LogP contribution < -0.4 is 10.2 Å². The number of ether oxygens (including phenoxy) is 1. The van der Waals surface area contributed by atoms with Crippen LogP contribution in [0, 0.1) is 23.2 Å². The zero-order valence-corrected chi connectivity index (χ0v) is 21.8. The Bertz CT molecular complexity index is 1170. The average Bonchev–Trinajstić information content (AvgIpc) is 3.12. The van der Waals surface area contributed by atoms with Crippen LogP contribution in [0.15, 0.2) is 59.5 Å². The molecule has 7 heteroatoms. The third-order valence-electron chi connectivity index (χ3n) is 8.21. The Balaban J connectivity index is 1.07. The number of hydrogen-bond acceptors (Lipinski definition) is 5. The molecular weight excluding hydrogens is 488 g/mol. The van der Waals surface area contributed by atoms with Gasteiger partial charge < -0.3 is 4.74 Å². The fourth-order valence-electron chi connectivity index (χ4n) is 6.92. The Hall–Kier alpha value is -2.64. The minimum Gasteiger partial charge on any atom is -0.493 e. The number of nitrogens with one attached hydrogen (secondary N) is 1. The smallest absolute Gasteiger partial charge is 0.285 e. The van der Waals surface area contributed by atoms with E-state index >= 15 is 0 Å². The summed E-state index contributed by atoms with van der Waals surface area (Å²) in [5.74, 6) is 2.51.